The molecular weight excluding hydrogens is 479 g/mol. The van der Waals surface area contributed by atoms with Gasteiger partial charge in [0.15, 0.2) is 11.5 Å². The average molecular weight is 509 g/mol. The lowest BCUT2D eigenvalue weighted by Crippen LogP contribution is -2.40. The first-order valence-electron chi connectivity index (χ1n) is 12.5. The molecule has 188 valence electrons. The zero-order valence-electron chi connectivity index (χ0n) is 20.4. The molecule has 0 spiro atoms. The van der Waals surface area contributed by atoms with Crippen molar-refractivity contribution in [3.8, 4) is 11.5 Å². The Morgan fingerprint density at radius 3 is 2.72 bits per heavy atom. The van der Waals surface area contributed by atoms with E-state index in [9.17, 15) is 14.4 Å². The number of nitrogens with zero attached hydrogens (tertiary/aromatic N) is 7. The van der Waals surface area contributed by atoms with Crippen LogP contribution in [-0.4, -0.2) is 53.2 Å². The molecule has 11 nitrogen and oxygen atoms in total. The predicted octanol–water partition coefficient (Wildman–Crippen LogP) is 2.38. The summed E-state index contributed by atoms with van der Waals surface area (Å²) in [6.07, 6.45) is 6.98. The summed E-state index contributed by atoms with van der Waals surface area (Å²) in [5.74, 6) is 3.43. The van der Waals surface area contributed by atoms with Crippen molar-refractivity contribution in [2.75, 3.05) is 17.6 Å². The first-order valence-corrected chi connectivity index (χ1v) is 13.8. The summed E-state index contributed by atoms with van der Waals surface area (Å²) in [5.41, 5.74) is 1.09. The van der Waals surface area contributed by atoms with Gasteiger partial charge in [-0.25, -0.2) is 9.78 Å². The molecule has 3 aromatic rings. The van der Waals surface area contributed by atoms with Gasteiger partial charge in [-0.05, 0) is 43.8 Å². The molecule has 12 heteroatoms. The molecule has 0 radical (unpaired) electrons. The van der Waals surface area contributed by atoms with E-state index in [1.54, 1.807) is 27.4 Å². The second-order valence-electron chi connectivity index (χ2n) is 9.77. The number of rotatable bonds is 8. The minimum Gasteiger partial charge on any atom is -0.331 e. The van der Waals surface area contributed by atoms with Gasteiger partial charge in [0.25, 0.3) is 11.5 Å². The van der Waals surface area contributed by atoms with Crippen molar-refractivity contribution < 1.29 is 4.79 Å². The third-order valence-corrected chi connectivity index (χ3v) is 7.79. The van der Waals surface area contributed by atoms with E-state index in [2.05, 4.69) is 20.1 Å². The Morgan fingerprint density at radius 2 is 2.06 bits per heavy atom. The standard InChI is InChI=1S/C24H29N8O3P/c1-3-9-30-21-19(23(34)32(24(30)35)15-6-7-15)26-20(27-21)16-11-18(29(2)28-16)31(12-14-4-5-14)22(33)17-13-36-10-8-25-17/h8,10-11,14-15,36H,3-7,9,12-13H2,1-2H3,(H,26,27). The van der Waals surface area contributed by atoms with Crippen molar-refractivity contribution in [3.05, 3.63) is 38.9 Å². The smallest absolute Gasteiger partial charge is 0.331 e. The van der Waals surface area contributed by atoms with Crippen LogP contribution < -0.4 is 16.1 Å². The molecule has 0 aromatic carbocycles. The Hall–Kier alpha value is -3.33. The number of aromatic nitrogens is 6. The maximum Gasteiger partial charge on any atom is 0.333 e. The van der Waals surface area contributed by atoms with Crippen LogP contribution in [0.15, 0.2) is 32.7 Å². The van der Waals surface area contributed by atoms with Crippen LogP contribution >= 0.6 is 8.58 Å². The van der Waals surface area contributed by atoms with Gasteiger partial charge in [-0.15, -0.1) is 0 Å². The van der Waals surface area contributed by atoms with Gasteiger partial charge in [-0.3, -0.25) is 33.3 Å². The number of H-pyrrole nitrogens is 1. The van der Waals surface area contributed by atoms with Crippen LogP contribution in [0.1, 0.15) is 45.1 Å². The molecule has 0 saturated heterocycles. The second-order valence-corrected chi connectivity index (χ2v) is 10.9. The van der Waals surface area contributed by atoms with Crippen LogP contribution in [-0.2, 0) is 18.4 Å². The van der Waals surface area contributed by atoms with Gasteiger partial charge < -0.3 is 4.98 Å². The van der Waals surface area contributed by atoms with Crippen LogP contribution in [0.2, 0.25) is 0 Å². The maximum absolute atomic E-state index is 13.4. The average Bonchev–Trinajstić information content (AvgIpc) is 3.81. The van der Waals surface area contributed by atoms with Gasteiger partial charge >= 0.3 is 5.69 Å². The van der Waals surface area contributed by atoms with Gasteiger partial charge in [0, 0.05) is 44.6 Å². The Balaban J connectivity index is 1.43. The molecule has 4 heterocycles. The largest absolute Gasteiger partial charge is 0.333 e. The second kappa shape index (κ2) is 8.96. The van der Waals surface area contributed by atoms with E-state index in [0.717, 1.165) is 32.1 Å². The van der Waals surface area contributed by atoms with Crippen LogP contribution in [0.5, 0.6) is 0 Å². The first kappa shape index (κ1) is 23.1. The number of carbonyl (C=O) groups excluding carboxylic acids is 1. The van der Waals surface area contributed by atoms with E-state index < -0.39 is 0 Å². The quantitative estimate of drug-likeness (QED) is 0.468. The minimum atomic E-state index is -0.338. The fraction of sp³-hybridized carbons (Fsp3) is 0.500. The number of carbonyl (C=O) groups is 1. The van der Waals surface area contributed by atoms with Gasteiger partial charge in [0.2, 0.25) is 0 Å². The highest BCUT2D eigenvalue weighted by atomic mass is 31.1. The molecule has 3 aromatic heterocycles. The fourth-order valence-electron chi connectivity index (χ4n) is 4.67. The Morgan fingerprint density at radius 1 is 1.25 bits per heavy atom. The molecule has 1 aliphatic heterocycles. The Kier molecular flexibility index (Phi) is 5.75. The molecule has 0 bridgehead atoms. The van der Waals surface area contributed by atoms with Crippen molar-refractivity contribution in [1.82, 2.24) is 28.9 Å². The van der Waals surface area contributed by atoms with E-state index in [1.165, 1.54) is 4.57 Å². The summed E-state index contributed by atoms with van der Waals surface area (Å²) < 4.78 is 4.61. The predicted molar refractivity (Wildman–Crippen MR) is 140 cm³/mol. The van der Waals surface area contributed by atoms with Crippen molar-refractivity contribution in [3.63, 3.8) is 0 Å². The summed E-state index contributed by atoms with van der Waals surface area (Å²) >= 11 is 0. The van der Waals surface area contributed by atoms with Crippen LogP contribution in [0.25, 0.3) is 22.7 Å². The topological polar surface area (TPSA) is 123 Å². The van der Waals surface area contributed by atoms with Crippen LogP contribution in [0.4, 0.5) is 5.82 Å². The van der Waals surface area contributed by atoms with Gasteiger partial charge in [0.1, 0.15) is 22.7 Å². The number of nitrogens with one attached hydrogen (secondary N) is 1. The summed E-state index contributed by atoms with van der Waals surface area (Å²) in [6, 6.07) is 1.78. The zero-order valence-corrected chi connectivity index (χ0v) is 21.4. The summed E-state index contributed by atoms with van der Waals surface area (Å²) in [7, 11) is 2.35. The van der Waals surface area contributed by atoms with Gasteiger partial charge in [-0.2, -0.15) is 5.10 Å². The van der Waals surface area contributed by atoms with E-state index in [4.69, 9.17) is 0 Å². The van der Waals surface area contributed by atoms with Gasteiger partial charge in [-0.1, -0.05) is 15.5 Å². The highest BCUT2D eigenvalue weighted by molar-refractivity contribution is 7.43. The number of aryl methyl sites for hydroxylation is 2. The Bertz CT molecular complexity index is 1530. The highest BCUT2D eigenvalue weighted by Gasteiger charge is 2.33. The molecule has 3 aliphatic rings. The van der Waals surface area contributed by atoms with E-state index in [0.29, 0.717) is 68.0 Å². The minimum absolute atomic E-state index is 0.0362. The van der Waals surface area contributed by atoms with Crippen LogP contribution in [0.3, 0.4) is 0 Å². The molecule has 36 heavy (non-hydrogen) atoms. The zero-order chi connectivity index (χ0) is 25.0. The number of hydrogen-bond donors (Lipinski definition) is 1. The summed E-state index contributed by atoms with van der Waals surface area (Å²) in [5, 5.41) is 4.63. The number of aromatic amines is 1. The molecular formula is C24H29N8O3P. The maximum atomic E-state index is 13.4. The fourth-order valence-corrected chi connectivity index (χ4v) is 5.40. The number of aliphatic imine (C=N–C) groups is 1. The number of imidazole rings is 1. The molecule has 2 saturated carbocycles. The van der Waals surface area contributed by atoms with E-state index >= 15 is 0 Å². The summed E-state index contributed by atoms with van der Waals surface area (Å²) in [6.45, 7) is 3.08. The normalized spacial score (nSPS) is 18.2. The molecule has 6 rings (SSSR count). The van der Waals surface area contributed by atoms with E-state index in [1.807, 2.05) is 18.8 Å². The SMILES string of the molecule is CCCn1c(=O)n(C2CC2)c(=O)c2[nH]c(-c3cc(N(CC4CC4)C(=O)C4=NC=CPC4)n(C)n3)nc21. The molecule has 2 aliphatic carbocycles. The van der Waals surface area contributed by atoms with Crippen molar-refractivity contribution in [1.29, 1.82) is 0 Å². The molecule has 2 fully saturated rings. The monoisotopic (exact) mass is 508 g/mol. The van der Waals surface area contributed by atoms with Crippen molar-refractivity contribution in [2.45, 2.75) is 51.6 Å². The number of hydrogen-bond acceptors (Lipinski definition) is 6. The van der Waals surface area contributed by atoms with Crippen molar-refractivity contribution >= 4 is 37.2 Å². The summed E-state index contributed by atoms with van der Waals surface area (Å²) in [4.78, 5) is 53.6. The lowest BCUT2D eigenvalue weighted by atomic mass is 10.2. The van der Waals surface area contributed by atoms with Gasteiger partial charge in [0.05, 0.1) is 0 Å². The first-order chi connectivity index (χ1) is 17.5. The van der Waals surface area contributed by atoms with Crippen molar-refractivity contribution in [2.24, 2.45) is 18.0 Å². The third-order valence-electron chi connectivity index (χ3n) is 6.87. The number of amides is 1. The molecule has 1 N–H and O–H groups in total. The van der Waals surface area contributed by atoms with Crippen LogP contribution in [0, 0.1) is 5.92 Å². The molecule has 1 unspecified atom stereocenters. The van der Waals surface area contributed by atoms with E-state index in [-0.39, 0.29) is 23.2 Å². The molecule has 1 amide bonds. The third kappa shape index (κ3) is 4.05. The molecule has 1 atom stereocenters. The number of fused-ring (bicyclic) bond motifs is 1. The Labute approximate surface area is 208 Å². The lowest BCUT2D eigenvalue weighted by molar-refractivity contribution is -0.112. The number of anilines is 1. The lowest BCUT2D eigenvalue weighted by Gasteiger charge is -2.23. The highest BCUT2D eigenvalue weighted by Crippen LogP contribution is 2.34.